The summed E-state index contributed by atoms with van der Waals surface area (Å²) in [6, 6.07) is 19.8. The fourth-order valence-corrected chi connectivity index (χ4v) is 3.30. The normalized spacial score (nSPS) is 10.8. The van der Waals surface area contributed by atoms with Crippen LogP contribution in [0.3, 0.4) is 0 Å². The van der Waals surface area contributed by atoms with E-state index >= 15 is 0 Å². The molecule has 2 aromatic carbocycles. The molecule has 0 bridgehead atoms. The molecule has 1 amide bonds. The molecule has 0 fully saturated rings. The molecule has 0 aliphatic heterocycles. The molecule has 31 heavy (non-hydrogen) atoms. The number of hydrogen-bond donors (Lipinski definition) is 2. The number of rotatable bonds is 5. The molecule has 4 rings (SSSR count). The zero-order chi connectivity index (χ0) is 22.0. The van der Waals surface area contributed by atoms with Gasteiger partial charge in [0.2, 0.25) is 11.9 Å². The fraction of sp³-hybridized carbons (Fsp3) is 0.167. The van der Waals surface area contributed by atoms with Gasteiger partial charge in [-0.1, -0.05) is 54.6 Å². The summed E-state index contributed by atoms with van der Waals surface area (Å²) < 4.78 is 1.44. The number of hydrogen-bond acceptors (Lipinski definition) is 4. The Morgan fingerprint density at radius 2 is 1.68 bits per heavy atom. The molecule has 0 radical (unpaired) electrons. The topological polar surface area (TPSA) is 92.7 Å². The summed E-state index contributed by atoms with van der Waals surface area (Å²) in [6.45, 7) is 5.29. The van der Waals surface area contributed by atoms with Crippen molar-refractivity contribution in [2.75, 3.05) is 5.32 Å². The standard InChI is InChI=1S/C24H23N5O2/c1-15-13-21(29(28-15)24-25-17(3)16(2)23(31)27-24)26-22(30)14-18-9-11-20(12-10-18)19-7-5-4-6-8-19/h4-13H,14H2,1-3H3,(H,26,30)(H,25,27,31). The predicted molar refractivity (Wildman–Crippen MR) is 120 cm³/mol. The Labute approximate surface area is 179 Å². The van der Waals surface area contributed by atoms with Gasteiger partial charge in [0.25, 0.3) is 5.56 Å². The molecule has 0 spiro atoms. The number of amides is 1. The van der Waals surface area contributed by atoms with Crippen molar-refractivity contribution in [2.24, 2.45) is 0 Å². The highest BCUT2D eigenvalue weighted by atomic mass is 16.1. The maximum absolute atomic E-state index is 12.7. The minimum Gasteiger partial charge on any atom is -0.310 e. The third-order valence-corrected chi connectivity index (χ3v) is 5.11. The Bertz CT molecular complexity index is 1290. The third kappa shape index (κ3) is 4.45. The van der Waals surface area contributed by atoms with Crippen molar-refractivity contribution < 1.29 is 4.79 Å². The minimum atomic E-state index is -0.230. The first-order chi connectivity index (χ1) is 14.9. The molecule has 4 aromatic rings. The van der Waals surface area contributed by atoms with E-state index in [2.05, 4.69) is 32.5 Å². The number of benzene rings is 2. The number of aromatic amines is 1. The predicted octanol–water partition coefficient (Wildman–Crippen LogP) is 3.73. The van der Waals surface area contributed by atoms with Crippen molar-refractivity contribution in [3.8, 4) is 17.1 Å². The lowest BCUT2D eigenvalue weighted by Gasteiger charge is -2.10. The average Bonchev–Trinajstić information content (AvgIpc) is 3.12. The number of carbonyl (C=O) groups is 1. The maximum Gasteiger partial charge on any atom is 0.255 e. The van der Waals surface area contributed by atoms with Gasteiger partial charge in [-0.2, -0.15) is 9.78 Å². The van der Waals surface area contributed by atoms with Crippen LogP contribution >= 0.6 is 0 Å². The van der Waals surface area contributed by atoms with Crippen LogP contribution < -0.4 is 10.9 Å². The lowest BCUT2D eigenvalue weighted by atomic mass is 10.0. The first-order valence-electron chi connectivity index (χ1n) is 9.99. The summed E-state index contributed by atoms with van der Waals surface area (Å²) in [5.41, 5.74) is 4.77. The van der Waals surface area contributed by atoms with E-state index in [1.54, 1.807) is 19.9 Å². The van der Waals surface area contributed by atoms with Gasteiger partial charge < -0.3 is 5.32 Å². The Kier molecular flexibility index (Phi) is 5.49. The van der Waals surface area contributed by atoms with Crippen LogP contribution in [0.15, 0.2) is 65.5 Å². The molecule has 156 valence electrons. The SMILES string of the molecule is Cc1cc(NC(=O)Cc2ccc(-c3ccccc3)cc2)n(-c2nc(C)c(C)c(=O)[nH]2)n1. The summed E-state index contributed by atoms with van der Waals surface area (Å²) in [5, 5.41) is 7.25. The van der Waals surface area contributed by atoms with E-state index in [-0.39, 0.29) is 23.8 Å². The molecule has 0 unspecified atom stereocenters. The first-order valence-corrected chi connectivity index (χ1v) is 9.99. The summed E-state index contributed by atoms with van der Waals surface area (Å²) >= 11 is 0. The van der Waals surface area contributed by atoms with Crippen molar-refractivity contribution in [1.82, 2.24) is 19.7 Å². The van der Waals surface area contributed by atoms with Gasteiger partial charge in [-0.15, -0.1) is 0 Å². The lowest BCUT2D eigenvalue weighted by Crippen LogP contribution is -2.21. The van der Waals surface area contributed by atoms with E-state index in [1.165, 1.54) is 4.68 Å². The van der Waals surface area contributed by atoms with Gasteiger partial charge in [0.1, 0.15) is 5.82 Å². The number of nitrogens with zero attached hydrogens (tertiary/aromatic N) is 3. The van der Waals surface area contributed by atoms with Crippen molar-refractivity contribution in [1.29, 1.82) is 0 Å². The maximum atomic E-state index is 12.7. The lowest BCUT2D eigenvalue weighted by molar-refractivity contribution is -0.115. The molecule has 0 aliphatic carbocycles. The average molecular weight is 413 g/mol. The van der Waals surface area contributed by atoms with E-state index in [0.717, 1.165) is 16.7 Å². The third-order valence-electron chi connectivity index (χ3n) is 5.11. The highest BCUT2D eigenvalue weighted by molar-refractivity contribution is 5.91. The Morgan fingerprint density at radius 1 is 1.00 bits per heavy atom. The van der Waals surface area contributed by atoms with Gasteiger partial charge in [0.15, 0.2) is 0 Å². The Hall–Kier alpha value is -4.00. The van der Waals surface area contributed by atoms with Crippen LogP contribution in [0.1, 0.15) is 22.5 Å². The van der Waals surface area contributed by atoms with Crippen molar-refractivity contribution in [2.45, 2.75) is 27.2 Å². The molecular formula is C24H23N5O2. The molecule has 7 heteroatoms. The Morgan fingerprint density at radius 3 is 2.35 bits per heavy atom. The second-order valence-corrected chi connectivity index (χ2v) is 7.47. The van der Waals surface area contributed by atoms with E-state index in [4.69, 9.17) is 0 Å². The number of nitrogens with one attached hydrogen (secondary N) is 2. The molecule has 0 saturated carbocycles. The van der Waals surface area contributed by atoms with E-state index < -0.39 is 0 Å². The smallest absolute Gasteiger partial charge is 0.255 e. The van der Waals surface area contributed by atoms with E-state index in [0.29, 0.717) is 22.8 Å². The molecule has 2 aromatic heterocycles. The largest absolute Gasteiger partial charge is 0.310 e. The van der Waals surface area contributed by atoms with Gasteiger partial charge in [0.05, 0.1) is 12.1 Å². The van der Waals surface area contributed by atoms with Crippen molar-refractivity contribution >= 4 is 11.7 Å². The van der Waals surface area contributed by atoms with Crippen molar-refractivity contribution in [3.05, 3.63) is 93.5 Å². The van der Waals surface area contributed by atoms with Crippen LogP contribution in [0.25, 0.3) is 17.1 Å². The van der Waals surface area contributed by atoms with E-state index in [9.17, 15) is 9.59 Å². The molecule has 0 saturated heterocycles. The molecule has 0 aliphatic rings. The number of H-pyrrole nitrogens is 1. The van der Waals surface area contributed by atoms with Crippen LogP contribution in [0.2, 0.25) is 0 Å². The van der Waals surface area contributed by atoms with Gasteiger partial charge in [-0.05, 0) is 37.5 Å². The molecule has 7 nitrogen and oxygen atoms in total. The molecule has 2 N–H and O–H groups in total. The van der Waals surface area contributed by atoms with Gasteiger partial charge in [0, 0.05) is 17.3 Å². The zero-order valence-corrected chi connectivity index (χ0v) is 17.6. The summed E-state index contributed by atoms with van der Waals surface area (Å²) in [4.78, 5) is 31.9. The molecule has 2 heterocycles. The quantitative estimate of drug-likeness (QED) is 0.521. The highest BCUT2D eigenvalue weighted by Gasteiger charge is 2.14. The first kappa shape index (κ1) is 20.3. The Balaban J connectivity index is 1.51. The summed E-state index contributed by atoms with van der Waals surface area (Å²) in [5.74, 6) is 0.540. The van der Waals surface area contributed by atoms with Crippen LogP contribution in [-0.4, -0.2) is 25.7 Å². The number of aromatic nitrogens is 4. The second-order valence-electron chi connectivity index (χ2n) is 7.47. The van der Waals surface area contributed by atoms with Gasteiger partial charge in [-0.25, -0.2) is 4.98 Å². The summed E-state index contributed by atoms with van der Waals surface area (Å²) in [7, 11) is 0. The highest BCUT2D eigenvalue weighted by Crippen LogP contribution is 2.20. The van der Waals surface area contributed by atoms with E-state index in [1.807, 2.05) is 49.4 Å². The van der Waals surface area contributed by atoms with Crippen LogP contribution in [-0.2, 0) is 11.2 Å². The van der Waals surface area contributed by atoms with Crippen LogP contribution in [0.4, 0.5) is 5.82 Å². The van der Waals surface area contributed by atoms with Gasteiger partial charge in [-0.3, -0.25) is 14.6 Å². The fourth-order valence-electron chi connectivity index (χ4n) is 3.30. The zero-order valence-electron chi connectivity index (χ0n) is 17.6. The second kappa shape index (κ2) is 8.39. The minimum absolute atomic E-state index is 0.181. The van der Waals surface area contributed by atoms with Crippen molar-refractivity contribution in [3.63, 3.8) is 0 Å². The number of carbonyl (C=O) groups excluding carboxylic acids is 1. The molecule has 0 atom stereocenters. The molecular weight excluding hydrogens is 390 g/mol. The summed E-state index contributed by atoms with van der Waals surface area (Å²) in [6.07, 6.45) is 0.218. The van der Waals surface area contributed by atoms with Gasteiger partial charge >= 0.3 is 0 Å². The van der Waals surface area contributed by atoms with Crippen LogP contribution in [0.5, 0.6) is 0 Å². The number of aryl methyl sites for hydroxylation is 2. The monoisotopic (exact) mass is 413 g/mol. The number of anilines is 1. The van der Waals surface area contributed by atoms with Crippen LogP contribution in [0, 0.1) is 20.8 Å².